The summed E-state index contributed by atoms with van der Waals surface area (Å²) in [6.07, 6.45) is 1.55. The average Bonchev–Trinajstić information content (AvgIpc) is 2.67. The molecule has 2 aromatic rings. The van der Waals surface area contributed by atoms with Crippen LogP contribution in [0.1, 0.15) is 18.1 Å². The van der Waals surface area contributed by atoms with E-state index in [9.17, 15) is 4.79 Å². The van der Waals surface area contributed by atoms with Crippen molar-refractivity contribution in [2.45, 2.75) is 18.8 Å². The smallest absolute Gasteiger partial charge is 0.312 e. The summed E-state index contributed by atoms with van der Waals surface area (Å²) in [4.78, 5) is 19.3. The monoisotopic (exact) mass is 301 g/mol. The second-order valence-corrected chi connectivity index (χ2v) is 5.12. The number of nitrogens with two attached hydrogens (primary N) is 1. The highest BCUT2D eigenvalue weighted by Gasteiger charge is 2.16. The number of imidazole rings is 1. The maximum Gasteiger partial charge on any atom is 0.312 e. The molecule has 0 radical (unpaired) electrons. The predicted molar refractivity (Wildman–Crippen MR) is 74.4 cm³/mol. The Balaban J connectivity index is 2.37. The van der Waals surface area contributed by atoms with Gasteiger partial charge in [0.1, 0.15) is 11.3 Å². The fraction of sp³-hybridized carbons (Fsp3) is 0.364. The highest BCUT2D eigenvalue weighted by molar-refractivity contribution is 6.31. The van der Waals surface area contributed by atoms with Gasteiger partial charge >= 0.3 is 6.03 Å². The molecule has 0 fully saturated rings. The van der Waals surface area contributed by atoms with Gasteiger partial charge in [-0.15, -0.1) is 11.6 Å². The molecule has 2 aromatic heterocycles. The van der Waals surface area contributed by atoms with E-state index in [0.717, 1.165) is 0 Å². The van der Waals surface area contributed by atoms with Crippen LogP contribution in [0.5, 0.6) is 0 Å². The number of pyridine rings is 1. The van der Waals surface area contributed by atoms with Gasteiger partial charge < -0.3 is 15.6 Å². The lowest BCUT2D eigenvalue weighted by molar-refractivity contribution is 0.248. The molecular weight excluding hydrogens is 289 g/mol. The van der Waals surface area contributed by atoms with Crippen molar-refractivity contribution in [3.05, 3.63) is 23.1 Å². The van der Waals surface area contributed by atoms with Gasteiger partial charge in [-0.2, -0.15) is 0 Å². The number of carbonyl (C=O) groups excluding carboxylic acids is 1. The summed E-state index contributed by atoms with van der Waals surface area (Å²) in [5, 5.41) is 2.76. The summed E-state index contributed by atoms with van der Waals surface area (Å²) in [7, 11) is 0. The minimum absolute atomic E-state index is 0.276. The maximum atomic E-state index is 10.7. The molecule has 0 saturated heterocycles. The third kappa shape index (κ3) is 3.08. The number of alkyl halides is 1. The Morgan fingerprint density at radius 2 is 2.37 bits per heavy atom. The van der Waals surface area contributed by atoms with E-state index in [1.807, 2.05) is 11.5 Å². The van der Waals surface area contributed by atoms with E-state index in [1.165, 1.54) is 0 Å². The van der Waals surface area contributed by atoms with Crippen molar-refractivity contribution < 1.29 is 4.79 Å². The molecule has 0 bridgehead atoms. The molecule has 0 aliphatic carbocycles. The molecule has 1 unspecified atom stereocenters. The summed E-state index contributed by atoms with van der Waals surface area (Å²) in [6.45, 7) is 2.69. The minimum atomic E-state index is -0.569. The predicted octanol–water partition coefficient (Wildman–Crippen LogP) is 2.05. The highest BCUT2D eigenvalue weighted by atomic mass is 35.5. The van der Waals surface area contributed by atoms with Crippen LogP contribution in [0.15, 0.2) is 12.3 Å². The van der Waals surface area contributed by atoms with Crippen molar-refractivity contribution in [3.8, 4) is 0 Å². The molecule has 3 N–H and O–H groups in total. The van der Waals surface area contributed by atoms with Gasteiger partial charge in [-0.25, -0.2) is 14.8 Å². The van der Waals surface area contributed by atoms with E-state index in [4.69, 9.17) is 28.9 Å². The summed E-state index contributed by atoms with van der Waals surface area (Å²) >= 11 is 12.0. The summed E-state index contributed by atoms with van der Waals surface area (Å²) in [6, 6.07) is 1.16. The second kappa shape index (κ2) is 5.63. The maximum absolute atomic E-state index is 10.7. The number of primary amides is 1. The first kappa shape index (κ1) is 13.9. The Bertz CT molecular complexity index is 610. The average molecular weight is 302 g/mol. The van der Waals surface area contributed by atoms with Gasteiger partial charge in [-0.1, -0.05) is 11.6 Å². The Morgan fingerprint density at radius 3 is 3.00 bits per heavy atom. The quantitative estimate of drug-likeness (QED) is 0.848. The fourth-order valence-corrected chi connectivity index (χ4v) is 2.14. The van der Waals surface area contributed by atoms with Crippen molar-refractivity contribution in [3.63, 3.8) is 0 Å². The number of nitrogens with zero attached hydrogens (tertiary/aromatic N) is 3. The van der Waals surface area contributed by atoms with Gasteiger partial charge in [0.2, 0.25) is 0 Å². The van der Waals surface area contributed by atoms with Crippen LogP contribution in [0.3, 0.4) is 0 Å². The van der Waals surface area contributed by atoms with Crippen molar-refractivity contribution in [1.82, 2.24) is 19.9 Å². The van der Waals surface area contributed by atoms with Crippen LogP contribution in [-0.4, -0.2) is 27.1 Å². The van der Waals surface area contributed by atoms with Crippen LogP contribution >= 0.6 is 23.2 Å². The molecule has 0 aromatic carbocycles. The zero-order valence-electron chi connectivity index (χ0n) is 10.2. The molecule has 0 spiro atoms. The molecule has 6 nitrogen and oxygen atoms in total. The van der Waals surface area contributed by atoms with Gasteiger partial charge in [0, 0.05) is 19.3 Å². The number of hydrogen-bond donors (Lipinski definition) is 2. The van der Waals surface area contributed by atoms with Crippen LogP contribution in [0.2, 0.25) is 5.02 Å². The topological polar surface area (TPSA) is 85.8 Å². The molecule has 2 heterocycles. The van der Waals surface area contributed by atoms with Crippen LogP contribution < -0.4 is 11.1 Å². The number of urea groups is 1. The van der Waals surface area contributed by atoms with Crippen LogP contribution in [0.4, 0.5) is 4.79 Å². The van der Waals surface area contributed by atoms with Crippen molar-refractivity contribution in [2.24, 2.45) is 5.73 Å². The van der Waals surface area contributed by atoms with Crippen LogP contribution in [0.25, 0.3) is 11.2 Å². The SMILES string of the molecule is CC(Cl)c1nc2cc(Cl)cnc2n1CCNC(N)=O. The molecule has 19 heavy (non-hydrogen) atoms. The molecule has 102 valence electrons. The van der Waals surface area contributed by atoms with Gasteiger partial charge in [-0.3, -0.25) is 0 Å². The first-order chi connectivity index (χ1) is 8.99. The van der Waals surface area contributed by atoms with Crippen molar-refractivity contribution >= 4 is 40.4 Å². The number of carbonyl (C=O) groups is 1. The van der Waals surface area contributed by atoms with E-state index >= 15 is 0 Å². The van der Waals surface area contributed by atoms with Gasteiger partial charge in [0.15, 0.2) is 5.65 Å². The number of rotatable bonds is 4. The van der Waals surface area contributed by atoms with Gasteiger partial charge in [0.25, 0.3) is 0 Å². The normalized spacial score (nSPS) is 12.6. The van der Waals surface area contributed by atoms with Crippen LogP contribution in [0, 0.1) is 0 Å². The molecule has 0 saturated carbocycles. The van der Waals surface area contributed by atoms with E-state index < -0.39 is 6.03 Å². The number of hydrogen-bond acceptors (Lipinski definition) is 3. The number of halogens is 2. The molecular formula is C11H13Cl2N5O. The lowest BCUT2D eigenvalue weighted by atomic mass is 10.4. The van der Waals surface area contributed by atoms with Crippen molar-refractivity contribution in [2.75, 3.05) is 6.54 Å². The van der Waals surface area contributed by atoms with Crippen LogP contribution in [-0.2, 0) is 6.54 Å². The lowest BCUT2D eigenvalue weighted by Gasteiger charge is -2.09. The standard InChI is InChI=1S/C11H13Cl2N5O/c1-6(12)9-17-8-4-7(13)5-16-10(8)18(9)3-2-15-11(14)19/h4-6H,2-3H2,1H3,(H3,14,15,19). The zero-order valence-corrected chi connectivity index (χ0v) is 11.7. The summed E-state index contributed by atoms with van der Waals surface area (Å²) in [5.74, 6) is 0.678. The van der Waals surface area contributed by atoms with Crippen molar-refractivity contribution in [1.29, 1.82) is 0 Å². The minimum Gasteiger partial charge on any atom is -0.352 e. The number of fused-ring (bicyclic) bond motifs is 1. The first-order valence-corrected chi connectivity index (χ1v) is 6.49. The first-order valence-electron chi connectivity index (χ1n) is 5.68. The molecule has 2 amide bonds. The second-order valence-electron chi connectivity index (χ2n) is 4.02. The largest absolute Gasteiger partial charge is 0.352 e. The molecule has 0 aliphatic heterocycles. The summed E-state index contributed by atoms with van der Waals surface area (Å²) in [5.41, 5.74) is 6.38. The van der Waals surface area contributed by atoms with Gasteiger partial charge in [-0.05, 0) is 13.0 Å². The number of aromatic nitrogens is 3. The Labute approximate surface area is 119 Å². The molecule has 2 rings (SSSR count). The summed E-state index contributed by atoms with van der Waals surface area (Å²) < 4.78 is 1.85. The van der Waals surface area contributed by atoms with Gasteiger partial charge in [0.05, 0.1) is 10.4 Å². The molecule has 0 aliphatic rings. The Hall–Kier alpha value is -1.53. The number of amides is 2. The molecule has 8 heteroatoms. The third-order valence-corrected chi connectivity index (χ3v) is 2.97. The number of nitrogens with one attached hydrogen (secondary N) is 1. The zero-order chi connectivity index (χ0) is 14.0. The highest BCUT2D eigenvalue weighted by Crippen LogP contribution is 2.24. The fourth-order valence-electron chi connectivity index (χ4n) is 1.82. The lowest BCUT2D eigenvalue weighted by Crippen LogP contribution is -2.32. The third-order valence-electron chi connectivity index (χ3n) is 2.57. The van der Waals surface area contributed by atoms with E-state index in [2.05, 4.69) is 15.3 Å². The molecule has 1 atom stereocenters. The van der Waals surface area contributed by atoms with E-state index in [0.29, 0.717) is 35.1 Å². The van der Waals surface area contributed by atoms with E-state index in [-0.39, 0.29) is 5.38 Å². The van der Waals surface area contributed by atoms with E-state index in [1.54, 1.807) is 12.3 Å². The Kier molecular flexibility index (Phi) is 4.11. The Morgan fingerprint density at radius 1 is 1.63 bits per heavy atom.